The molecular formula is C10H16N2O3. The molecule has 0 aromatic rings. The number of carbonyl (C=O) groups is 2. The van der Waals surface area contributed by atoms with Crippen LogP contribution in [0, 0.1) is 0 Å². The van der Waals surface area contributed by atoms with Gasteiger partial charge < -0.3 is 10.1 Å². The number of rotatable bonds is 3. The molecule has 2 atom stereocenters. The van der Waals surface area contributed by atoms with Gasteiger partial charge in [-0.05, 0) is 12.8 Å². The van der Waals surface area contributed by atoms with Crippen LogP contribution in [0.3, 0.4) is 0 Å². The van der Waals surface area contributed by atoms with Gasteiger partial charge in [0.25, 0.3) is 0 Å². The molecule has 0 spiro atoms. The quantitative estimate of drug-likeness (QED) is 0.641. The van der Waals surface area contributed by atoms with E-state index in [9.17, 15) is 9.59 Å². The SMILES string of the molecule is CN1C(=O)CC(NCC2CCCO2)C1=O. The van der Waals surface area contributed by atoms with Crippen LogP contribution in [0.5, 0.6) is 0 Å². The second-order valence-corrected chi connectivity index (χ2v) is 4.09. The number of nitrogens with zero attached hydrogens (tertiary/aromatic N) is 1. The Morgan fingerprint density at radius 3 is 2.87 bits per heavy atom. The van der Waals surface area contributed by atoms with Crippen LogP contribution in [0.25, 0.3) is 0 Å². The summed E-state index contributed by atoms with van der Waals surface area (Å²) >= 11 is 0. The number of likely N-dealkylation sites (N-methyl/N-ethyl adjacent to an activating group) is 1. The predicted octanol–water partition coefficient (Wildman–Crippen LogP) is -0.488. The van der Waals surface area contributed by atoms with Gasteiger partial charge in [-0.1, -0.05) is 0 Å². The fraction of sp³-hybridized carbons (Fsp3) is 0.800. The van der Waals surface area contributed by atoms with Gasteiger partial charge in [-0.2, -0.15) is 0 Å². The van der Waals surface area contributed by atoms with Crippen LogP contribution in [-0.4, -0.2) is 49.1 Å². The highest BCUT2D eigenvalue weighted by Crippen LogP contribution is 2.14. The second kappa shape index (κ2) is 4.28. The summed E-state index contributed by atoms with van der Waals surface area (Å²) in [7, 11) is 1.53. The molecule has 1 N–H and O–H groups in total. The van der Waals surface area contributed by atoms with Gasteiger partial charge in [0, 0.05) is 20.2 Å². The lowest BCUT2D eigenvalue weighted by atomic mass is 10.2. The Hall–Kier alpha value is -0.940. The van der Waals surface area contributed by atoms with E-state index in [1.54, 1.807) is 0 Å². The van der Waals surface area contributed by atoms with Crippen molar-refractivity contribution < 1.29 is 14.3 Å². The van der Waals surface area contributed by atoms with E-state index < -0.39 is 0 Å². The van der Waals surface area contributed by atoms with E-state index in [1.807, 2.05) is 0 Å². The summed E-state index contributed by atoms with van der Waals surface area (Å²) < 4.78 is 5.43. The molecule has 15 heavy (non-hydrogen) atoms. The topological polar surface area (TPSA) is 58.6 Å². The molecule has 2 rings (SSSR count). The molecule has 0 aromatic carbocycles. The van der Waals surface area contributed by atoms with Gasteiger partial charge in [0.1, 0.15) is 0 Å². The summed E-state index contributed by atoms with van der Waals surface area (Å²) in [5.41, 5.74) is 0. The predicted molar refractivity (Wildman–Crippen MR) is 53.2 cm³/mol. The van der Waals surface area contributed by atoms with E-state index in [2.05, 4.69) is 5.32 Å². The van der Waals surface area contributed by atoms with E-state index in [1.165, 1.54) is 11.9 Å². The number of likely N-dealkylation sites (tertiary alicyclic amines) is 1. The Morgan fingerprint density at radius 2 is 2.33 bits per heavy atom. The first-order valence-corrected chi connectivity index (χ1v) is 5.34. The van der Waals surface area contributed by atoms with Crippen LogP contribution in [0.2, 0.25) is 0 Å². The summed E-state index contributed by atoms with van der Waals surface area (Å²) in [6.07, 6.45) is 2.61. The zero-order valence-corrected chi connectivity index (χ0v) is 8.86. The molecule has 0 aliphatic carbocycles. The minimum Gasteiger partial charge on any atom is -0.377 e. The van der Waals surface area contributed by atoms with Crippen LogP contribution in [0.4, 0.5) is 0 Å². The number of carbonyl (C=O) groups excluding carboxylic acids is 2. The Kier molecular flexibility index (Phi) is 3.02. The maximum absolute atomic E-state index is 11.5. The smallest absolute Gasteiger partial charge is 0.246 e. The average Bonchev–Trinajstić information content (AvgIpc) is 2.80. The zero-order valence-electron chi connectivity index (χ0n) is 8.86. The first kappa shape index (κ1) is 10.6. The maximum atomic E-state index is 11.5. The molecular weight excluding hydrogens is 196 g/mol. The van der Waals surface area contributed by atoms with Crippen LogP contribution in [0.15, 0.2) is 0 Å². The van der Waals surface area contributed by atoms with Crippen molar-refractivity contribution in [2.24, 2.45) is 0 Å². The lowest BCUT2D eigenvalue weighted by molar-refractivity contribution is -0.137. The average molecular weight is 212 g/mol. The zero-order chi connectivity index (χ0) is 10.8. The molecule has 2 aliphatic heterocycles. The van der Waals surface area contributed by atoms with Crippen LogP contribution >= 0.6 is 0 Å². The Morgan fingerprint density at radius 1 is 1.53 bits per heavy atom. The number of hydrogen-bond donors (Lipinski definition) is 1. The molecule has 0 radical (unpaired) electrons. The lowest BCUT2D eigenvalue weighted by Gasteiger charge is -2.14. The number of nitrogens with one attached hydrogen (secondary N) is 1. The van der Waals surface area contributed by atoms with Gasteiger partial charge in [-0.3, -0.25) is 14.5 Å². The summed E-state index contributed by atoms with van der Waals surface area (Å²) in [5, 5.41) is 3.10. The van der Waals surface area contributed by atoms with Gasteiger partial charge in [0.2, 0.25) is 11.8 Å². The van der Waals surface area contributed by atoms with Gasteiger partial charge in [-0.25, -0.2) is 0 Å². The highest BCUT2D eigenvalue weighted by molar-refractivity contribution is 6.05. The minimum absolute atomic E-state index is 0.107. The molecule has 5 nitrogen and oxygen atoms in total. The van der Waals surface area contributed by atoms with Crippen molar-refractivity contribution >= 4 is 11.8 Å². The number of ether oxygens (including phenoxy) is 1. The van der Waals surface area contributed by atoms with E-state index in [-0.39, 0.29) is 30.4 Å². The highest BCUT2D eigenvalue weighted by atomic mass is 16.5. The minimum atomic E-state index is -0.341. The number of imide groups is 1. The van der Waals surface area contributed by atoms with Crippen LogP contribution in [-0.2, 0) is 14.3 Å². The monoisotopic (exact) mass is 212 g/mol. The molecule has 2 heterocycles. The summed E-state index contributed by atoms with van der Waals surface area (Å²) in [6, 6.07) is -0.341. The van der Waals surface area contributed by atoms with Gasteiger partial charge in [-0.15, -0.1) is 0 Å². The van der Waals surface area contributed by atoms with Crippen molar-refractivity contribution in [2.45, 2.75) is 31.4 Å². The second-order valence-electron chi connectivity index (χ2n) is 4.09. The van der Waals surface area contributed by atoms with Crippen molar-refractivity contribution in [3.05, 3.63) is 0 Å². The van der Waals surface area contributed by atoms with Gasteiger partial charge in [0.05, 0.1) is 18.6 Å². The van der Waals surface area contributed by atoms with Crippen LogP contribution in [0.1, 0.15) is 19.3 Å². The number of amides is 2. The molecule has 0 bridgehead atoms. The third-order valence-corrected chi connectivity index (χ3v) is 3.00. The van der Waals surface area contributed by atoms with Crippen molar-refractivity contribution in [3.8, 4) is 0 Å². The summed E-state index contributed by atoms with van der Waals surface area (Å²) in [6.45, 7) is 1.47. The standard InChI is InChI=1S/C10H16N2O3/c1-12-9(13)5-8(10(12)14)11-6-7-3-2-4-15-7/h7-8,11H,2-6H2,1H3. The van der Waals surface area contributed by atoms with Crippen molar-refractivity contribution in [1.82, 2.24) is 10.2 Å². The van der Waals surface area contributed by atoms with E-state index >= 15 is 0 Å². The van der Waals surface area contributed by atoms with Gasteiger partial charge in [0.15, 0.2) is 0 Å². The molecule has 2 saturated heterocycles. The van der Waals surface area contributed by atoms with Crippen molar-refractivity contribution in [2.75, 3.05) is 20.2 Å². The third kappa shape index (κ3) is 2.18. The molecule has 2 fully saturated rings. The molecule has 2 unspecified atom stereocenters. The lowest BCUT2D eigenvalue weighted by Crippen LogP contribution is -2.40. The van der Waals surface area contributed by atoms with Crippen molar-refractivity contribution in [3.63, 3.8) is 0 Å². The maximum Gasteiger partial charge on any atom is 0.246 e. The Labute approximate surface area is 88.8 Å². The molecule has 2 amide bonds. The fourth-order valence-electron chi connectivity index (χ4n) is 1.99. The summed E-state index contributed by atoms with van der Waals surface area (Å²) in [4.78, 5) is 23.9. The Bertz CT molecular complexity index is 274. The number of hydrogen-bond acceptors (Lipinski definition) is 4. The largest absolute Gasteiger partial charge is 0.377 e. The third-order valence-electron chi connectivity index (χ3n) is 3.00. The van der Waals surface area contributed by atoms with Gasteiger partial charge >= 0.3 is 0 Å². The van der Waals surface area contributed by atoms with Crippen LogP contribution < -0.4 is 5.32 Å². The Balaban J connectivity index is 1.80. The molecule has 0 saturated carbocycles. The molecule has 5 heteroatoms. The van der Waals surface area contributed by atoms with E-state index in [0.717, 1.165) is 19.4 Å². The highest BCUT2D eigenvalue weighted by Gasteiger charge is 2.36. The summed E-state index contributed by atoms with van der Waals surface area (Å²) in [5.74, 6) is -0.233. The normalized spacial score (nSPS) is 31.7. The van der Waals surface area contributed by atoms with Crippen molar-refractivity contribution in [1.29, 1.82) is 0 Å². The fourth-order valence-corrected chi connectivity index (χ4v) is 1.99. The van der Waals surface area contributed by atoms with E-state index in [4.69, 9.17) is 4.74 Å². The first-order valence-electron chi connectivity index (χ1n) is 5.34. The molecule has 84 valence electrons. The molecule has 0 aromatic heterocycles. The van der Waals surface area contributed by atoms with E-state index in [0.29, 0.717) is 6.54 Å². The first-order chi connectivity index (χ1) is 7.18. The molecule has 2 aliphatic rings.